The van der Waals surface area contributed by atoms with Gasteiger partial charge >= 0.3 is 5.97 Å². The number of amides is 1. The van der Waals surface area contributed by atoms with Crippen LogP contribution in [-0.2, 0) is 24.3 Å². The van der Waals surface area contributed by atoms with Crippen molar-refractivity contribution in [3.63, 3.8) is 0 Å². The van der Waals surface area contributed by atoms with Crippen LogP contribution < -0.4 is 5.32 Å². The van der Waals surface area contributed by atoms with Crippen molar-refractivity contribution >= 4 is 21.9 Å². The van der Waals surface area contributed by atoms with E-state index in [9.17, 15) is 18.0 Å². The van der Waals surface area contributed by atoms with Crippen LogP contribution in [0.1, 0.15) is 25.7 Å². The van der Waals surface area contributed by atoms with Crippen LogP contribution in [0.3, 0.4) is 0 Å². The minimum Gasteiger partial charge on any atom is -0.467 e. The fourth-order valence-corrected chi connectivity index (χ4v) is 3.57. The Labute approximate surface area is 125 Å². The highest BCUT2D eigenvalue weighted by molar-refractivity contribution is 7.88. The van der Waals surface area contributed by atoms with Crippen molar-refractivity contribution in [2.75, 3.05) is 26.5 Å². The van der Waals surface area contributed by atoms with Crippen LogP contribution in [0, 0.1) is 11.8 Å². The largest absolute Gasteiger partial charge is 0.467 e. The summed E-state index contributed by atoms with van der Waals surface area (Å²) in [4.78, 5) is 24.0. The maximum atomic E-state index is 12.3. The maximum absolute atomic E-state index is 12.3. The van der Waals surface area contributed by atoms with E-state index in [1.807, 2.05) is 0 Å². The molecule has 2 atom stereocenters. The number of ether oxygens (including phenoxy) is 1. The molecule has 0 unspecified atom stereocenters. The van der Waals surface area contributed by atoms with Gasteiger partial charge in [-0.05, 0) is 31.6 Å². The van der Waals surface area contributed by atoms with Crippen molar-refractivity contribution in [2.45, 2.75) is 31.7 Å². The highest BCUT2D eigenvalue weighted by Crippen LogP contribution is 2.33. The molecule has 1 saturated heterocycles. The summed E-state index contributed by atoms with van der Waals surface area (Å²) >= 11 is 0. The number of piperidine rings is 1. The Kier molecular flexibility index (Phi) is 4.88. The first kappa shape index (κ1) is 16.2. The Morgan fingerprint density at radius 3 is 2.48 bits per heavy atom. The third kappa shape index (κ3) is 4.16. The third-order valence-corrected chi connectivity index (χ3v) is 5.34. The van der Waals surface area contributed by atoms with Gasteiger partial charge in [0.05, 0.1) is 19.3 Å². The molecule has 1 saturated carbocycles. The standard InChI is InChI=1S/C13H22N2O5S/c1-20-13(17)11(9-5-6-9)14-12(16)10-4-3-7-15(8-10)21(2,18)19/h9-11H,3-8H2,1-2H3,(H,14,16)/t10-,11+/m0/s1. The molecule has 21 heavy (non-hydrogen) atoms. The summed E-state index contributed by atoms with van der Waals surface area (Å²) in [5.74, 6) is -0.942. The molecule has 0 spiro atoms. The zero-order valence-corrected chi connectivity index (χ0v) is 13.2. The van der Waals surface area contributed by atoms with Crippen LogP contribution in [0.15, 0.2) is 0 Å². The average Bonchev–Trinajstić information content (AvgIpc) is 3.27. The van der Waals surface area contributed by atoms with Crippen LogP contribution in [0.2, 0.25) is 0 Å². The van der Waals surface area contributed by atoms with Crippen LogP contribution in [0.4, 0.5) is 0 Å². The molecule has 2 rings (SSSR count). The van der Waals surface area contributed by atoms with Crippen molar-refractivity contribution in [1.82, 2.24) is 9.62 Å². The van der Waals surface area contributed by atoms with E-state index in [2.05, 4.69) is 5.32 Å². The second kappa shape index (κ2) is 6.31. The number of sulfonamides is 1. The predicted octanol–water partition coefficient (Wildman–Crippen LogP) is -0.274. The lowest BCUT2D eigenvalue weighted by atomic mass is 9.98. The summed E-state index contributed by atoms with van der Waals surface area (Å²) in [5.41, 5.74) is 0. The minimum atomic E-state index is -3.28. The van der Waals surface area contributed by atoms with E-state index in [0.29, 0.717) is 19.4 Å². The fraction of sp³-hybridized carbons (Fsp3) is 0.846. The lowest BCUT2D eigenvalue weighted by Crippen LogP contribution is -2.50. The Hall–Kier alpha value is -1.15. The topological polar surface area (TPSA) is 92.8 Å². The van der Waals surface area contributed by atoms with E-state index in [1.54, 1.807) is 0 Å². The molecular weight excluding hydrogens is 296 g/mol. The summed E-state index contributed by atoms with van der Waals surface area (Å²) in [6.45, 7) is 0.634. The number of nitrogens with zero attached hydrogens (tertiary/aromatic N) is 1. The summed E-state index contributed by atoms with van der Waals surface area (Å²) in [5, 5.41) is 2.74. The SMILES string of the molecule is COC(=O)[C@H](NC(=O)[C@H]1CCCN(S(C)(=O)=O)C1)C1CC1. The van der Waals surface area contributed by atoms with Crippen molar-refractivity contribution in [3.05, 3.63) is 0 Å². The zero-order chi connectivity index (χ0) is 15.6. The van der Waals surface area contributed by atoms with Gasteiger partial charge in [-0.1, -0.05) is 0 Å². The summed E-state index contributed by atoms with van der Waals surface area (Å²) in [6.07, 6.45) is 4.24. The van der Waals surface area contributed by atoms with Gasteiger partial charge in [-0.3, -0.25) is 4.79 Å². The van der Waals surface area contributed by atoms with E-state index >= 15 is 0 Å². The number of esters is 1. The molecule has 1 amide bonds. The van der Waals surface area contributed by atoms with Gasteiger partial charge in [0.25, 0.3) is 0 Å². The summed E-state index contributed by atoms with van der Waals surface area (Å²) in [6, 6.07) is -0.601. The number of carbonyl (C=O) groups is 2. The normalized spacial score (nSPS) is 25.1. The van der Waals surface area contributed by atoms with Gasteiger partial charge in [-0.15, -0.1) is 0 Å². The molecule has 8 heteroatoms. The third-order valence-electron chi connectivity index (χ3n) is 4.07. The van der Waals surface area contributed by atoms with Gasteiger partial charge in [0.1, 0.15) is 6.04 Å². The first-order valence-electron chi connectivity index (χ1n) is 7.16. The summed E-state index contributed by atoms with van der Waals surface area (Å²) in [7, 11) is -1.98. The van der Waals surface area contributed by atoms with E-state index < -0.39 is 28.0 Å². The molecule has 0 bridgehead atoms. The highest BCUT2D eigenvalue weighted by Gasteiger charge is 2.40. The van der Waals surface area contributed by atoms with Crippen molar-refractivity contribution in [1.29, 1.82) is 0 Å². The van der Waals surface area contributed by atoms with E-state index in [4.69, 9.17) is 4.74 Å². The minimum absolute atomic E-state index is 0.149. The second-order valence-electron chi connectivity index (χ2n) is 5.81. The van der Waals surface area contributed by atoms with Crippen LogP contribution in [0.25, 0.3) is 0 Å². The number of rotatable bonds is 5. The number of carbonyl (C=O) groups excluding carboxylic acids is 2. The molecule has 2 aliphatic rings. The van der Waals surface area contributed by atoms with E-state index in [0.717, 1.165) is 19.1 Å². The average molecular weight is 318 g/mol. The lowest BCUT2D eigenvalue weighted by Gasteiger charge is -2.31. The first-order valence-corrected chi connectivity index (χ1v) is 9.01. The number of hydrogen-bond donors (Lipinski definition) is 1. The quantitative estimate of drug-likeness (QED) is 0.704. The Bertz CT molecular complexity index is 515. The van der Waals surface area contributed by atoms with Gasteiger partial charge in [-0.2, -0.15) is 0 Å². The second-order valence-corrected chi connectivity index (χ2v) is 7.79. The van der Waals surface area contributed by atoms with Crippen molar-refractivity contribution in [2.24, 2.45) is 11.8 Å². The van der Waals surface area contributed by atoms with Crippen LogP contribution in [-0.4, -0.2) is 57.1 Å². The van der Waals surface area contributed by atoms with Crippen molar-refractivity contribution < 1.29 is 22.7 Å². The van der Waals surface area contributed by atoms with Gasteiger partial charge in [0.2, 0.25) is 15.9 Å². The predicted molar refractivity (Wildman–Crippen MR) is 75.8 cm³/mol. The molecule has 2 fully saturated rings. The Morgan fingerprint density at radius 1 is 1.29 bits per heavy atom. The highest BCUT2D eigenvalue weighted by atomic mass is 32.2. The van der Waals surface area contributed by atoms with Gasteiger partial charge < -0.3 is 10.1 Å². The Balaban J connectivity index is 1.97. The van der Waals surface area contributed by atoms with Crippen molar-refractivity contribution in [3.8, 4) is 0 Å². The fourth-order valence-electron chi connectivity index (χ4n) is 2.65. The molecule has 120 valence electrons. The summed E-state index contributed by atoms with van der Waals surface area (Å²) < 4.78 is 29.2. The monoisotopic (exact) mass is 318 g/mol. The molecule has 1 aliphatic carbocycles. The molecule has 0 aromatic carbocycles. The molecule has 7 nitrogen and oxygen atoms in total. The van der Waals surface area contributed by atoms with Crippen LogP contribution >= 0.6 is 0 Å². The van der Waals surface area contributed by atoms with Gasteiger partial charge in [0, 0.05) is 13.1 Å². The number of hydrogen-bond acceptors (Lipinski definition) is 5. The van der Waals surface area contributed by atoms with E-state index in [-0.39, 0.29) is 18.4 Å². The smallest absolute Gasteiger partial charge is 0.328 e. The van der Waals surface area contributed by atoms with Gasteiger partial charge in [-0.25, -0.2) is 17.5 Å². The molecule has 1 heterocycles. The molecule has 0 radical (unpaired) electrons. The number of methoxy groups -OCH3 is 1. The maximum Gasteiger partial charge on any atom is 0.328 e. The molecular formula is C13H22N2O5S. The molecule has 1 N–H and O–H groups in total. The van der Waals surface area contributed by atoms with Crippen LogP contribution in [0.5, 0.6) is 0 Å². The van der Waals surface area contributed by atoms with E-state index in [1.165, 1.54) is 11.4 Å². The number of nitrogens with one attached hydrogen (secondary N) is 1. The lowest BCUT2D eigenvalue weighted by molar-refractivity contribution is -0.146. The first-order chi connectivity index (χ1) is 9.82. The molecule has 0 aromatic heterocycles. The molecule has 1 aliphatic heterocycles. The Morgan fingerprint density at radius 2 is 1.95 bits per heavy atom. The molecule has 0 aromatic rings. The zero-order valence-electron chi connectivity index (χ0n) is 12.4. The van der Waals surface area contributed by atoms with Gasteiger partial charge in [0.15, 0.2) is 0 Å².